The lowest BCUT2D eigenvalue weighted by molar-refractivity contribution is 0.199. The Kier molecular flexibility index (Phi) is 5.60. The number of ether oxygens (including phenoxy) is 1. The number of aromatic nitrogens is 1. The Balaban J connectivity index is 2.06. The molecule has 0 aliphatic heterocycles. The maximum absolute atomic E-state index is 6.18. The first-order valence-corrected chi connectivity index (χ1v) is 7.44. The molecule has 6 heteroatoms. The van der Waals surface area contributed by atoms with E-state index in [0.29, 0.717) is 16.7 Å². The minimum atomic E-state index is 0.548. The van der Waals surface area contributed by atoms with E-state index in [2.05, 4.69) is 10.3 Å². The monoisotopic (exact) mass is 316 g/mol. The maximum Gasteiger partial charge on any atom is 0.107 e. The molecular formula is C13H14Cl2N2OS. The minimum absolute atomic E-state index is 0.548. The zero-order valence-corrected chi connectivity index (χ0v) is 12.8. The van der Waals surface area contributed by atoms with Gasteiger partial charge in [0, 0.05) is 31.1 Å². The zero-order chi connectivity index (χ0) is 13.7. The van der Waals surface area contributed by atoms with E-state index >= 15 is 0 Å². The van der Waals surface area contributed by atoms with Crippen LogP contribution in [0.25, 0.3) is 11.3 Å². The fourth-order valence-electron chi connectivity index (χ4n) is 1.59. The summed E-state index contributed by atoms with van der Waals surface area (Å²) in [6.45, 7) is 2.23. The maximum atomic E-state index is 6.18. The van der Waals surface area contributed by atoms with E-state index < -0.39 is 0 Å². The summed E-state index contributed by atoms with van der Waals surface area (Å²) in [6.07, 6.45) is 0. The van der Waals surface area contributed by atoms with Crippen molar-refractivity contribution in [2.75, 3.05) is 20.3 Å². The molecule has 0 atom stereocenters. The van der Waals surface area contributed by atoms with Gasteiger partial charge in [0.1, 0.15) is 5.01 Å². The van der Waals surface area contributed by atoms with Gasteiger partial charge < -0.3 is 10.1 Å². The van der Waals surface area contributed by atoms with Crippen molar-refractivity contribution in [2.24, 2.45) is 0 Å². The Bertz CT molecular complexity index is 545. The number of rotatable bonds is 6. The van der Waals surface area contributed by atoms with Gasteiger partial charge in [-0.1, -0.05) is 35.3 Å². The number of nitrogens with zero attached hydrogens (tertiary/aromatic N) is 1. The quantitative estimate of drug-likeness (QED) is 0.822. The van der Waals surface area contributed by atoms with Gasteiger partial charge in [0.15, 0.2) is 0 Å². The molecule has 0 bridgehead atoms. The SMILES string of the molecule is COCCNCc1nc(-c2cccc(Cl)c2Cl)cs1. The van der Waals surface area contributed by atoms with Crippen LogP contribution in [0, 0.1) is 0 Å². The number of nitrogens with one attached hydrogen (secondary N) is 1. The van der Waals surface area contributed by atoms with Crippen LogP contribution < -0.4 is 5.32 Å². The van der Waals surface area contributed by atoms with E-state index in [4.69, 9.17) is 27.9 Å². The molecule has 0 amide bonds. The number of hydrogen-bond acceptors (Lipinski definition) is 4. The number of methoxy groups -OCH3 is 1. The van der Waals surface area contributed by atoms with Crippen molar-refractivity contribution in [1.82, 2.24) is 10.3 Å². The van der Waals surface area contributed by atoms with Gasteiger partial charge in [-0.3, -0.25) is 0 Å². The lowest BCUT2D eigenvalue weighted by Crippen LogP contribution is -2.18. The van der Waals surface area contributed by atoms with Gasteiger partial charge in [-0.2, -0.15) is 0 Å². The fourth-order valence-corrected chi connectivity index (χ4v) is 2.75. The van der Waals surface area contributed by atoms with Crippen molar-refractivity contribution >= 4 is 34.5 Å². The van der Waals surface area contributed by atoms with E-state index in [1.807, 2.05) is 17.5 Å². The molecule has 1 N–H and O–H groups in total. The molecule has 0 spiro atoms. The summed E-state index contributed by atoms with van der Waals surface area (Å²) in [7, 11) is 1.68. The predicted molar refractivity (Wildman–Crippen MR) is 81.2 cm³/mol. The Hall–Kier alpha value is -0.650. The van der Waals surface area contributed by atoms with Gasteiger partial charge >= 0.3 is 0 Å². The third-order valence-corrected chi connectivity index (χ3v) is 4.21. The van der Waals surface area contributed by atoms with E-state index in [0.717, 1.165) is 29.4 Å². The Labute approximate surface area is 126 Å². The average molecular weight is 317 g/mol. The Morgan fingerprint density at radius 2 is 2.21 bits per heavy atom. The van der Waals surface area contributed by atoms with Crippen LogP contribution in [0.5, 0.6) is 0 Å². The van der Waals surface area contributed by atoms with Crippen LogP contribution >= 0.6 is 34.5 Å². The second-order valence-electron chi connectivity index (χ2n) is 3.90. The number of hydrogen-bond donors (Lipinski definition) is 1. The normalized spacial score (nSPS) is 10.9. The molecule has 19 heavy (non-hydrogen) atoms. The van der Waals surface area contributed by atoms with Crippen LogP contribution in [0.2, 0.25) is 10.0 Å². The molecule has 1 aromatic carbocycles. The lowest BCUT2D eigenvalue weighted by atomic mass is 10.2. The molecular weight excluding hydrogens is 303 g/mol. The summed E-state index contributed by atoms with van der Waals surface area (Å²) < 4.78 is 4.97. The van der Waals surface area contributed by atoms with Gasteiger partial charge in [0.2, 0.25) is 0 Å². The van der Waals surface area contributed by atoms with Crippen molar-refractivity contribution in [3.05, 3.63) is 38.6 Å². The highest BCUT2D eigenvalue weighted by molar-refractivity contribution is 7.09. The van der Waals surface area contributed by atoms with Crippen molar-refractivity contribution in [2.45, 2.75) is 6.54 Å². The minimum Gasteiger partial charge on any atom is -0.383 e. The summed E-state index contributed by atoms with van der Waals surface area (Å²) in [5, 5.41) is 7.36. The topological polar surface area (TPSA) is 34.1 Å². The highest BCUT2D eigenvalue weighted by Gasteiger charge is 2.10. The smallest absolute Gasteiger partial charge is 0.107 e. The zero-order valence-electron chi connectivity index (χ0n) is 10.5. The van der Waals surface area contributed by atoms with Crippen molar-refractivity contribution in [3.8, 4) is 11.3 Å². The summed E-state index contributed by atoms with van der Waals surface area (Å²) in [6, 6.07) is 5.57. The fraction of sp³-hybridized carbons (Fsp3) is 0.308. The summed E-state index contributed by atoms with van der Waals surface area (Å²) in [4.78, 5) is 4.55. The molecule has 1 heterocycles. The van der Waals surface area contributed by atoms with Gasteiger partial charge in [0.05, 0.1) is 22.3 Å². The number of halogens is 2. The third kappa shape index (κ3) is 3.91. The third-order valence-electron chi connectivity index (χ3n) is 2.54. The van der Waals surface area contributed by atoms with E-state index in [1.54, 1.807) is 24.5 Å². The summed E-state index contributed by atoms with van der Waals surface area (Å²) >= 11 is 13.8. The predicted octanol–water partition coefficient (Wildman–Crippen LogP) is 3.85. The summed E-state index contributed by atoms with van der Waals surface area (Å²) in [5.74, 6) is 0. The van der Waals surface area contributed by atoms with Gasteiger partial charge in [0.25, 0.3) is 0 Å². The van der Waals surface area contributed by atoms with Crippen LogP contribution in [0.1, 0.15) is 5.01 Å². The van der Waals surface area contributed by atoms with Crippen LogP contribution in [0.4, 0.5) is 0 Å². The Morgan fingerprint density at radius 1 is 1.37 bits per heavy atom. The second kappa shape index (κ2) is 7.22. The first-order chi connectivity index (χ1) is 9.22. The number of benzene rings is 1. The van der Waals surface area contributed by atoms with E-state index in [9.17, 15) is 0 Å². The molecule has 1 aromatic heterocycles. The average Bonchev–Trinajstić information content (AvgIpc) is 2.87. The molecule has 3 nitrogen and oxygen atoms in total. The molecule has 2 aromatic rings. The largest absolute Gasteiger partial charge is 0.383 e. The van der Waals surface area contributed by atoms with Gasteiger partial charge in [-0.15, -0.1) is 11.3 Å². The lowest BCUT2D eigenvalue weighted by Gasteiger charge is -2.02. The molecule has 0 radical (unpaired) electrons. The Morgan fingerprint density at radius 3 is 3.00 bits per heavy atom. The molecule has 0 unspecified atom stereocenters. The standard InChI is InChI=1S/C13H14Cl2N2OS/c1-18-6-5-16-7-12-17-11(8-19-12)9-3-2-4-10(14)13(9)15/h2-4,8,16H,5-7H2,1H3. The first kappa shape index (κ1) is 14.8. The molecule has 0 aliphatic rings. The van der Waals surface area contributed by atoms with Crippen molar-refractivity contribution in [1.29, 1.82) is 0 Å². The van der Waals surface area contributed by atoms with E-state index in [-0.39, 0.29) is 0 Å². The van der Waals surface area contributed by atoms with E-state index in [1.165, 1.54) is 0 Å². The van der Waals surface area contributed by atoms with Crippen LogP contribution in [0.15, 0.2) is 23.6 Å². The van der Waals surface area contributed by atoms with Crippen molar-refractivity contribution in [3.63, 3.8) is 0 Å². The van der Waals surface area contributed by atoms with Gasteiger partial charge in [-0.25, -0.2) is 4.98 Å². The first-order valence-electron chi connectivity index (χ1n) is 5.81. The van der Waals surface area contributed by atoms with Crippen LogP contribution in [-0.2, 0) is 11.3 Å². The molecule has 0 aliphatic carbocycles. The summed E-state index contributed by atoms with van der Waals surface area (Å²) in [5.41, 5.74) is 1.73. The molecule has 0 fully saturated rings. The van der Waals surface area contributed by atoms with Crippen LogP contribution in [0.3, 0.4) is 0 Å². The highest BCUT2D eigenvalue weighted by atomic mass is 35.5. The molecule has 0 saturated heterocycles. The van der Waals surface area contributed by atoms with Gasteiger partial charge in [-0.05, 0) is 6.07 Å². The van der Waals surface area contributed by atoms with Crippen LogP contribution in [-0.4, -0.2) is 25.2 Å². The highest BCUT2D eigenvalue weighted by Crippen LogP contribution is 2.33. The molecule has 2 rings (SSSR count). The van der Waals surface area contributed by atoms with Crippen molar-refractivity contribution < 1.29 is 4.74 Å². The molecule has 0 saturated carbocycles. The number of thiazole rings is 1. The second-order valence-corrected chi connectivity index (χ2v) is 5.63. The molecule has 102 valence electrons.